The molecular weight excluding hydrogens is 306 g/mol. The zero-order chi connectivity index (χ0) is 16.5. The highest BCUT2D eigenvalue weighted by Crippen LogP contribution is 2.20. The van der Waals surface area contributed by atoms with Gasteiger partial charge in [-0.25, -0.2) is 9.67 Å². The highest BCUT2D eigenvalue weighted by atomic mass is 16.5. The van der Waals surface area contributed by atoms with E-state index in [4.69, 9.17) is 4.74 Å². The number of imidazole rings is 1. The van der Waals surface area contributed by atoms with Crippen LogP contribution >= 0.6 is 0 Å². The third kappa shape index (κ3) is 2.64. The van der Waals surface area contributed by atoms with Gasteiger partial charge in [-0.1, -0.05) is 0 Å². The first-order chi connectivity index (χ1) is 11.7. The molecule has 1 amide bonds. The van der Waals surface area contributed by atoms with Gasteiger partial charge in [-0.3, -0.25) is 4.79 Å². The fourth-order valence-corrected chi connectivity index (χ4v) is 2.73. The van der Waals surface area contributed by atoms with E-state index in [1.165, 1.54) is 0 Å². The van der Waals surface area contributed by atoms with Crippen molar-refractivity contribution in [3.05, 3.63) is 54.2 Å². The fourth-order valence-electron chi connectivity index (χ4n) is 2.73. The fraction of sp³-hybridized carbons (Fsp3) is 0.235. The summed E-state index contributed by atoms with van der Waals surface area (Å²) >= 11 is 0. The number of benzene rings is 1. The topological polar surface area (TPSA) is 74.0 Å². The molecule has 122 valence electrons. The Balaban J connectivity index is 1.50. The lowest BCUT2D eigenvalue weighted by Gasteiger charge is -2.13. The van der Waals surface area contributed by atoms with E-state index in [1.807, 2.05) is 42.0 Å². The van der Waals surface area contributed by atoms with Gasteiger partial charge in [-0.05, 0) is 31.2 Å². The largest absolute Gasteiger partial charge is 0.478 e. The molecule has 2 aromatic heterocycles. The second kappa shape index (κ2) is 5.84. The van der Waals surface area contributed by atoms with Crippen LogP contribution in [-0.2, 0) is 6.54 Å². The molecule has 0 aliphatic carbocycles. The molecular formula is C17H17N5O2. The minimum absolute atomic E-state index is 0.243. The average molecular weight is 323 g/mol. The SMILES string of the molecule is Cc1nccn1-c1ccc(NC(=O)c2cc3n(n2)CCCO3)cc1. The number of amides is 1. The summed E-state index contributed by atoms with van der Waals surface area (Å²) in [6, 6.07) is 9.27. The Morgan fingerprint density at radius 2 is 2.12 bits per heavy atom. The number of ether oxygens (including phenoxy) is 1. The van der Waals surface area contributed by atoms with E-state index in [-0.39, 0.29) is 5.91 Å². The number of hydrogen-bond donors (Lipinski definition) is 1. The molecule has 0 radical (unpaired) electrons. The first-order valence-electron chi connectivity index (χ1n) is 7.83. The number of aryl methyl sites for hydroxylation is 2. The summed E-state index contributed by atoms with van der Waals surface area (Å²) < 4.78 is 9.19. The summed E-state index contributed by atoms with van der Waals surface area (Å²) in [7, 11) is 0. The molecule has 4 rings (SSSR count). The van der Waals surface area contributed by atoms with Crippen LogP contribution in [0.3, 0.4) is 0 Å². The summed E-state index contributed by atoms with van der Waals surface area (Å²) in [5.41, 5.74) is 2.07. The molecule has 0 atom stereocenters. The summed E-state index contributed by atoms with van der Waals surface area (Å²) in [4.78, 5) is 16.5. The van der Waals surface area contributed by atoms with Crippen LogP contribution in [-0.4, -0.2) is 31.8 Å². The second-order valence-corrected chi connectivity index (χ2v) is 5.64. The Bertz CT molecular complexity index is 855. The van der Waals surface area contributed by atoms with Crippen molar-refractivity contribution in [3.63, 3.8) is 0 Å². The van der Waals surface area contributed by atoms with Gasteiger partial charge in [-0.15, -0.1) is 0 Å². The van der Waals surface area contributed by atoms with Crippen molar-refractivity contribution in [3.8, 4) is 11.6 Å². The summed E-state index contributed by atoms with van der Waals surface area (Å²) in [6.45, 7) is 3.39. The Kier molecular flexibility index (Phi) is 3.53. The van der Waals surface area contributed by atoms with E-state index in [1.54, 1.807) is 16.9 Å². The van der Waals surface area contributed by atoms with Crippen LogP contribution in [0.1, 0.15) is 22.7 Å². The lowest BCUT2D eigenvalue weighted by Crippen LogP contribution is -2.16. The Labute approximate surface area is 138 Å². The number of nitrogens with one attached hydrogen (secondary N) is 1. The van der Waals surface area contributed by atoms with Crippen molar-refractivity contribution in [1.29, 1.82) is 0 Å². The van der Waals surface area contributed by atoms with E-state index in [2.05, 4.69) is 15.4 Å². The van der Waals surface area contributed by atoms with Crippen LogP contribution in [0.15, 0.2) is 42.7 Å². The number of carbonyl (C=O) groups excluding carboxylic acids is 1. The standard InChI is InChI=1S/C17H17N5O2/c1-12-18-7-9-21(12)14-5-3-13(4-6-14)19-17(23)15-11-16-22(20-15)8-2-10-24-16/h3-7,9,11H,2,8,10H2,1H3,(H,19,23). The maximum Gasteiger partial charge on any atom is 0.276 e. The smallest absolute Gasteiger partial charge is 0.276 e. The molecule has 3 heterocycles. The molecule has 7 nitrogen and oxygen atoms in total. The lowest BCUT2D eigenvalue weighted by molar-refractivity contribution is 0.102. The Hall–Kier alpha value is -3.09. The molecule has 0 saturated heterocycles. The third-order valence-corrected chi connectivity index (χ3v) is 3.97. The Morgan fingerprint density at radius 1 is 1.29 bits per heavy atom. The molecule has 0 spiro atoms. The number of rotatable bonds is 3. The van der Waals surface area contributed by atoms with Crippen molar-refractivity contribution in [2.45, 2.75) is 19.9 Å². The molecule has 0 saturated carbocycles. The molecule has 0 unspecified atom stereocenters. The second-order valence-electron chi connectivity index (χ2n) is 5.64. The van der Waals surface area contributed by atoms with Gasteiger partial charge in [-0.2, -0.15) is 5.10 Å². The van der Waals surface area contributed by atoms with Gasteiger partial charge in [0.25, 0.3) is 5.91 Å². The molecule has 7 heteroatoms. The van der Waals surface area contributed by atoms with Gasteiger partial charge in [0.2, 0.25) is 5.88 Å². The van der Waals surface area contributed by atoms with Crippen LogP contribution in [0.5, 0.6) is 5.88 Å². The van der Waals surface area contributed by atoms with E-state index in [0.29, 0.717) is 23.9 Å². The number of carbonyl (C=O) groups is 1. The molecule has 1 N–H and O–H groups in total. The van der Waals surface area contributed by atoms with Crippen LogP contribution in [0.25, 0.3) is 5.69 Å². The van der Waals surface area contributed by atoms with Crippen LogP contribution in [0.2, 0.25) is 0 Å². The number of hydrogen-bond acceptors (Lipinski definition) is 4. The number of fused-ring (bicyclic) bond motifs is 1. The summed E-state index contributed by atoms with van der Waals surface area (Å²) in [5.74, 6) is 1.32. The van der Waals surface area contributed by atoms with Crippen molar-refractivity contribution in [1.82, 2.24) is 19.3 Å². The third-order valence-electron chi connectivity index (χ3n) is 3.97. The molecule has 1 aliphatic heterocycles. The number of aromatic nitrogens is 4. The lowest BCUT2D eigenvalue weighted by atomic mass is 10.2. The van der Waals surface area contributed by atoms with Gasteiger partial charge in [0.15, 0.2) is 5.69 Å². The first-order valence-corrected chi connectivity index (χ1v) is 7.83. The molecule has 1 aromatic carbocycles. The molecule has 0 fully saturated rings. The highest BCUT2D eigenvalue weighted by molar-refractivity contribution is 6.03. The molecule has 24 heavy (non-hydrogen) atoms. The number of anilines is 1. The van der Waals surface area contributed by atoms with Crippen LogP contribution in [0.4, 0.5) is 5.69 Å². The van der Waals surface area contributed by atoms with Crippen LogP contribution in [0, 0.1) is 6.92 Å². The van der Waals surface area contributed by atoms with Crippen molar-refractivity contribution < 1.29 is 9.53 Å². The van der Waals surface area contributed by atoms with Gasteiger partial charge in [0.1, 0.15) is 5.82 Å². The predicted octanol–water partition coefficient (Wildman–Crippen LogP) is 2.41. The normalized spacial score (nSPS) is 13.2. The molecule has 3 aromatic rings. The predicted molar refractivity (Wildman–Crippen MR) is 88.6 cm³/mol. The van der Waals surface area contributed by atoms with E-state index in [9.17, 15) is 4.79 Å². The Morgan fingerprint density at radius 3 is 2.83 bits per heavy atom. The van der Waals surface area contributed by atoms with E-state index >= 15 is 0 Å². The van der Waals surface area contributed by atoms with Crippen LogP contribution < -0.4 is 10.1 Å². The summed E-state index contributed by atoms with van der Waals surface area (Å²) in [5, 5.41) is 7.14. The maximum absolute atomic E-state index is 12.3. The highest BCUT2D eigenvalue weighted by Gasteiger charge is 2.18. The zero-order valence-corrected chi connectivity index (χ0v) is 13.3. The van der Waals surface area contributed by atoms with Crippen molar-refractivity contribution in [2.24, 2.45) is 0 Å². The summed E-state index contributed by atoms with van der Waals surface area (Å²) in [6.07, 6.45) is 4.57. The average Bonchev–Trinajstić information content (AvgIpc) is 3.21. The molecule has 0 bridgehead atoms. The minimum Gasteiger partial charge on any atom is -0.478 e. The number of nitrogens with zero attached hydrogens (tertiary/aromatic N) is 4. The van der Waals surface area contributed by atoms with Gasteiger partial charge >= 0.3 is 0 Å². The first kappa shape index (κ1) is 14.5. The monoisotopic (exact) mass is 323 g/mol. The van der Waals surface area contributed by atoms with E-state index < -0.39 is 0 Å². The quantitative estimate of drug-likeness (QED) is 0.803. The van der Waals surface area contributed by atoms with Crippen molar-refractivity contribution >= 4 is 11.6 Å². The maximum atomic E-state index is 12.3. The molecule has 1 aliphatic rings. The van der Waals surface area contributed by atoms with Gasteiger partial charge in [0, 0.05) is 42.8 Å². The van der Waals surface area contributed by atoms with E-state index in [0.717, 1.165) is 24.5 Å². The minimum atomic E-state index is -0.243. The zero-order valence-electron chi connectivity index (χ0n) is 13.3. The van der Waals surface area contributed by atoms with Gasteiger partial charge < -0.3 is 14.6 Å². The van der Waals surface area contributed by atoms with Crippen molar-refractivity contribution in [2.75, 3.05) is 11.9 Å². The van der Waals surface area contributed by atoms with Gasteiger partial charge in [0.05, 0.1) is 6.61 Å².